The van der Waals surface area contributed by atoms with E-state index in [4.69, 9.17) is 9.47 Å². The minimum absolute atomic E-state index is 0.219. The molecule has 0 aromatic heterocycles. The summed E-state index contributed by atoms with van der Waals surface area (Å²) in [5.74, 6) is 1.57. The van der Waals surface area contributed by atoms with Crippen molar-refractivity contribution in [3.63, 3.8) is 0 Å². The molecule has 2 aliphatic rings. The third-order valence-corrected chi connectivity index (χ3v) is 5.21. The van der Waals surface area contributed by atoms with Gasteiger partial charge in [-0.25, -0.2) is 0 Å². The predicted molar refractivity (Wildman–Crippen MR) is 89.4 cm³/mol. The lowest BCUT2D eigenvalue weighted by Gasteiger charge is -2.40. The number of phenols is 1. The standard InChI is InChI=1S/C19H21NO3/c1-20-8-7-12-10-15(23-3)19(21)18-16(12)13(20)9-11-5-4-6-14(22-2)17(11)18/h4-6,10,13,21H,7-9H2,1-3H3/t13-/m0/s1. The molecule has 0 saturated heterocycles. The van der Waals surface area contributed by atoms with Gasteiger partial charge in [0, 0.05) is 23.7 Å². The number of hydrogen-bond acceptors (Lipinski definition) is 4. The summed E-state index contributed by atoms with van der Waals surface area (Å²) in [4.78, 5) is 2.38. The van der Waals surface area contributed by atoms with Crippen LogP contribution in [0, 0.1) is 0 Å². The van der Waals surface area contributed by atoms with Gasteiger partial charge >= 0.3 is 0 Å². The number of benzene rings is 2. The molecule has 0 spiro atoms. The second-order valence-corrected chi connectivity index (χ2v) is 6.32. The summed E-state index contributed by atoms with van der Waals surface area (Å²) in [6.45, 7) is 1.02. The second-order valence-electron chi connectivity index (χ2n) is 6.32. The van der Waals surface area contributed by atoms with Crippen molar-refractivity contribution in [1.82, 2.24) is 4.90 Å². The molecule has 120 valence electrons. The lowest BCUT2D eigenvalue weighted by Crippen LogP contribution is -2.35. The van der Waals surface area contributed by atoms with Crippen LogP contribution in [-0.2, 0) is 12.8 Å². The van der Waals surface area contributed by atoms with Crippen LogP contribution >= 0.6 is 0 Å². The molecule has 2 aromatic rings. The van der Waals surface area contributed by atoms with E-state index < -0.39 is 0 Å². The van der Waals surface area contributed by atoms with Crippen molar-refractivity contribution < 1.29 is 14.6 Å². The number of likely N-dealkylation sites (N-methyl/N-ethyl adjacent to an activating group) is 1. The normalized spacial score (nSPS) is 19.0. The van der Waals surface area contributed by atoms with E-state index in [2.05, 4.69) is 18.0 Å². The largest absolute Gasteiger partial charge is 0.504 e. The van der Waals surface area contributed by atoms with Crippen molar-refractivity contribution in [3.05, 3.63) is 41.0 Å². The Morgan fingerprint density at radius 3 is 2.61 bits per heavy atom. The summed E-state index contributed by atoms with van der Waals surface area (Å²) in [5.41, 5.74) is 5.61. The van der Waals surface area contributed by atoms with E-state index in [1.807, 2.05) is 18.2 Å². The molecule has 0 unspecified atom stereocenters. The molecule has 0 bridgehead atoms. The zero-order valence-corrected chi connectivity index (χ0v) is 13.7. The maximum Gasteiger partial charge on any atom is 0.166 e. The van der Waals surface area contributed by atoms with E-state index in [1.165, 1.54) is 16.7 Å². The third-order valence-electron chi connectivity index (χ3n) is 5.21. The first-order chi connectivity index (χ1) is 11.2. The number of hydrogen-bond donors (Lipinski definition) is 1. The van der Waals surface area contributed by atoms with Gasteiger partial charge in [-0.05, 0) is 48.7 Å². The molecule has 4 rings (SSSR count). The van der Waals surface area contributed by atoms with Crippen LogP contribution in [0.25, 0.3) is 11.1 Å². The van der Waals surface area contributed by atoms with Crippen molar-refractivity contribution in [1.29, 1.82) is 0 Å². The molecule has 0 amide bonds. The summed E-state index contributed by atoms with van der Waals surface area (Å²) in [7, 11) is 5.44. The van der Waals surface area contributed by atoms with Gasteiger partial charge in [-0.3, -0.25) is 4.90 Å². The van der Waals surface area contributed by atoms with Crippen molar-refractivity contribution in [2.45, 2.75) is 18.9 Å². The van der Waals surface area contributed by atoms with Crippen LogP contribution in [0.5, 0.6) is 17.2 Å². The fourth-order valence-corrected chi connectivity index (χ4v) is 4.05. The molecule has 4 heteroatoms. The third kappa shape index (κ3) is 1.94. The van der Waals surface area contributed by atoms with Crippen molar-refractivity contribution >= 4 is 0 Å². The molecule has 1 atom stereocenters. The van der Waals surface area contributed by atoms with Gasteiger partial charge in [0.1, 0.15) is 5.75 Å². The molecule has 0 fully saturated rings. The number of nitrogens with zero attached hydrogens (tertiary/aromatic N) is 1. The Kier molecular flexibility index (Phi) is 3.23. The van der Waals surface area contributed by atoms with Crippen molar-refractivity contribution in [2.24, 2.45) is 0 Å². The van der Waals surface area contributed by atoms with Crippen LogP contribution in [0.4, 0.5) is 0 Å². The van der Waals surface area contributed by atoms with Gasteiger partial charge < -0.3 is 14.6 Å². The van der Waals surface area contributed by atoms with Crippen LogP contribution in [0.2, 0.25) is 0 Å². The van der Waals surface area contributed by atoms with Crippen molar-refractivity contribution in [3.8, 4) is 28.4 Å². The highest BCUT2D eigenvalue weighted by atomic mass is 16.5. The fraction of sp³-hybridized carbons (Fsp3) is 0.368. The Labute approximate surface area is 136 Å². The minimum atomic E-state index is 0.219. The molecule has 1 aliphatic carbocycles. The first-order valence-corrected chi connectivity index (χ1v) is 7.95. The average molecular weight is 311 g/mol. The predicted octanol–water partition coefficient (Wildman–Crippen LogP) is 3.16. The summed E-state index contributed by atoms with van der Waals surface area (Å²) in [6.07, 6.45) is 1.91. The Bertz CT molecular complexity index is 785. The summed E-state index contributed by atoms with van der Waals surface area (Å²) < 4.78 is 11.0. The van der Waals surface area contributed by atoms with E-state index in [0.29, 0.717) is 11.8 Å². The van der Waals surface area contributed by atoms with E-state index in [9.17, 15) is 5.11 Å². The van der Waals surface area contributed by atoms with E-state index in [-0.39, 0.29) is 5.75 Å². The highest BCUT2D eigenvalue weighted by molar-refractivity contribution is 5.86. The Hall–Kier alpha value is -2.20. The SMILES string of the molecule is COc1cc2c3c(c1O)-c1c(cccc1OC)C[C@@H]3N(C)CC2. The van der Waals surface area contributed by atoms with Crippen molar-refractivity contribution in [2.75, 3.05) is 27.8 Å². The first-order valence-electron chi connectivity index (χ1n) is 7.95. The van der Waals surface area contributed by atoms with Crippen LogP contribution < -0.4 is 9.47 Å². The first kappa shape index (κ1) is 14.4. The monoisotopic (exact) mass is 311 g/mol. The van der Waals surface area contributed by atoms with Gasteiger partial charge in [0.05, 0.1) is 14.2 Å². The average Bonchev–Trinajstić information content (AvgIpc) is 2.58. The van der Waals surface area contributed by atoms with Gasteiger partial charge in [-0.2, -0.15) is 0 Å². The molecule has 1 heterocycles. The van der Waals surface area contributed by atoms with Crippen LogP contribution in [0.15, 0.2) is 24.3 Å². The van der Waals surface area contributed by atoms with E-state index in [0.717, 1.165) is 36.3 Å². The number of ether oxygens (including phenoxy) is 2. The maximum atomic E-state index is 10.9. The highest BCUT2D eigenvalue weighted by Gasteiger charge is 2.36. The number of fused-ring (bicyclic) bond motifs is 2. The fourth-order valence-electron chi connectivity index (χ4n) is 4.05. The molecule has 1 aliphatic heterocycles. The van der Waals surface area contributed by atoms with Gasteiger partial charge in [0.2, 0.25) is 0 Å². The summed E-state index contributed by atoms with van der Waals surface area (Å²) in [6, 6.07) is 8.39. The molecular weight excluding hydrogens is 290 g/mol. The Balaban J connectivity index is 2.10. The number of rotatable bonds is 2. The zero-order chi connectivity index (χ0) is 16.1. The van der Waals surface area contributed by atoms with Gasteiger partial charge in [-0.1, -0.05) is 12.1 Å². The lowest BCUT2D eigenvalue weighted by atomic mass is 9.76. The van der Waals surface area contributed by atoms with Gasteiger partial charge in [-0.15, -0.1) is 0 Å². The molecule has 4 nitrogen and oxygen atoms in total. The number of methoxy groups -OCH3 is 2. The lowest BCUT2D eigenvalue weighted by molar-refractivity contribution is 0.226. The minimum Gasteiger partial charge on any atom is -0.504 e. The maximum absolute atomic E-state index is 10.9. The molecule has 1 N–H and O–H groups in total. The molecular formula is C19H21NO3. The Morgan fingerprint density at radius 1 is 1.09 bits per heavy atom. The zero-order valence-electron chi connectivity index (χ0n) is 13.7. The molecule has 2 aromatic carbocycles. The van der Waals surface area contributed by atoms with Crippen LogP contribution in [0.3, 0.4) is 0 Å². The Morgan fingerprint density at radius 2 is 1.87 bits per heavy atom. The summed E-state index contributed by atoms with van der Waals surface area (Å²) >= 11 is 0. The topological polar surface area (TPSA) is 41.9 Å². The van der Waals surface area contributed by atoms with E-state index >= 15 is 0 Å². The number of phenolic OH excluding ortho intramolecular Hbond substituents is 1. The smallest absolute Gasteiger partial charge is 0.166 e. The number of aromatic hydroxyl groups is 1. The molecule has 0 saturated carbocycles. The second kappa shape index (κ2) is 5.17. The molecule has 0 radical (unpaired) electrons. The molecule has 23 heavy (non-hydrogen) atoms. The van der Waals surface area contributed by atoms with Gasteiger partial charge in [0.15, 0.2) is 11.5 Å². The van der Waals surface area contributed by atoms with Crippen LogP contribution in [0.1, 0.15) is 22.7 Å². The highest BCUT2D eigenvalue weighted by Crippen LogP contribution is 2.54. The summed E-state index contributed by atoms with van der Waals surface area (Å²) in [5, 5.41) is 10.9. The van der Waals surface area contributed by atoms with E-state index in [1.54, 1.807) is 14.2 Å². The van der Waals surface area contributed by atoms with Gasteiger partial charge in [0.25, 0.3) is 0 Å². The quantitative estimate of drug-likeness (QED) is 0.925. The van der Waals surface area contributed by atoms with Crippen LogP contribution in [-0.4, -0.2) is 37.8 Å².